The monoisotopic (exact) mass is 345 g/mol. The van der Waals surface area contributed by atoms with E-state index in [1.54, 1.807) is 11.8 Å². The van der Waals surface area contributed by atoms with E-state index >= 15 is 0 Å². The van der Waals surface area contributed by atoms with Crippen LogP contribution in [0, 0.1) is 19.8 Å². The number of carbonyl (C=O) groups excluding carboxylic acids is 3. The number of nitrogens with zero attached hydrogens (tertiary/aromatic N) is 1. The predicted octanol–water partition coefficient (Wildman–Crippen LogP) is 3.07. The quantitative estimate of drug-likeness (QED) is 0.587. The first-order valence-electron chi connectivity index (χ1n) is 8.97. The van der Waals surface area contributed by atoms with Gasteiger partial charge in [0, 0.05) is 31.5 Å². The van der Waals surface area contributed by atoms with Crippen LogP contribution in [0.3, 0.4) is 0 Å². The fraction of sp³-hybridized carbons (Fsp3) is 0.550. The van der Waals surface area contributed by atoms with E-state index in [1.807, 2.05) is 32.0 Å². The van der Waals surface area contributed by atoms with Crippen molar-refractivity contribution in [3.05, 3.63) is 34.9 Å². The van der Waals surface area contributed by atoms with E-state index < -0.39 is 0 Å². The van der Waals surface area contributed by atoms with Gasteiger partial charge in [0.15, 0.2) is 5.78 Å². The van der Waals surface area contributed by atoms with E-state index in [9.17, 15) is 14.4 Å². The zero-order chi connectivity index (χ0) is 18.4. The molecule has 0 saturated carbocycles. The van der Waals surface area contributed by atoms with Crippen molar-refractivity contribution in [2.75, 3.05) is 19.7 Å². The molecule has 25 heavy (non-hydrogen) atoms. The number of hydrogen-bond donors (Lipinski definition) is 0. The van der Waals surface area contributed by atoms with E-state index in [2.05, 4.69) is 0 Å². The molecule has 0 N–H and O–H groups in total. The van der Waals surface area contributed by atoms with Crippen molar-refractivity contribution in [3.63, 3.8) is 0 Å². The van der Waals surface area contributed by atoms with E-state index in [-0.39, 0.29) is 36.4 Å². The Bertz CT molecular complexity index is 653. The van der Waals surface area contributed by atoms with Gasteiger partial charge in [-0.2, -0.15) is 0 Å². The average molecular weight is 345 g/mol. The second kappa shape index (κ2) is 8.79. The van der Waals surface area contributed by atoms with Gasteiger partial charge in [-0.1, -0.05) is 12.1 Å². The second-order valence-corrected chi connectivity index (χ2v) is 6.65. The number of carbonyl (C=O) groups is 3. The number of rotatable bonds is 6. The van der Waals surface area contributed by atoms with E-state index in [0.717, 1.165) is 24.0 Å². The third kappa shape index (κ3) is 5.15. The minimum atomic E-state index is -0.243. The number of hydrogen-bond acceptors (Lipinski definition) is 4. The molecule has 1 saturated heterocycles. The fourth-order valence-electron chi connectivity index (χ4n) is 3.09. The molecular formula is C20H27NO4. The highest BCUT2D eigenvalue weighted by Gasteiger charge is 2.29. The Morgan fingerprint density at radius 1 is 1.16 bits per heavy atom. The summed E-state index contributed by atoms with van der Waals surface area (Å²) in [6, 6.07) is 5.62. The molecule has 136 valence electrons. The van der Waals surface area contributed by atoms with Gasteiger partial charge in [0.25, 0.3) is 0 Å². The molecule has 1 fully saturated rings. The van der Waals surface area contributed by atoms with Crippen molar-refractivity contribution in [2.24, 2.45) is 5.92 Å². The minimum Gasteiger partial charge on any atom is -0.466 e. The molecule has 0 aliphatic carbocycles. The Kier molecular flexibility index (Phi) is 6.73. The van der Waals surface area contributed by atoms with Gasteiger partial charge in [-0.3, -0.25) is 14.4 Å². The maximum Gasteiger partial charge on any atom is 0.310 e. The standard InChI is InChI=1S/C20H27NO4/c1-4-25-20(24)17-6-5-11-21(13-17)19(23)10-9-18(22)16-8-7-14(2)15(3)12-16/h7-8,12,17H,4-6,9-11,13H2,1-3H3. The molecule has 0 aromatic heterocycles. The summed E-state index contributed by atoms with van der Waals surface area (Å²) in [5, 5.41) is 0. The van der Waals surface area contributed by atoms with Gasteiger partial charge in [-0.15, -0.1) is 0 Å². The van der Waals surface area contributed by atoms with Crippen LogP contribution >= 0.6 is 0 Å². The van der Waals surface area contributed by atoms with Crippen molar-refractivity contribution in [1.29, 1.82) is 0 Å². The molecule has 1 atom stereocenters. The summed E-state index contributed by atoms with van der Waals surface area (Å²) in [7, 11) is 0. The number of likely N-dealkylation sites (tertiary alicyclic amines) is 1. The van der Waals surface area contributed by atoms with E-state index in [1.165, 1.54) is 0 Å². The highest BCUT2D eigenvalue weighted by molar-refractivity contribution is 5.98. The first-order valence-corrected chi connectivity index (χ1v) is 8.97. The lowest BCUT2D eigenvalue weighted by Gasteiger charge is -2.31. The third-order valence-corrected chi connectivity index (χ3v) is 4.79. The number of Topliss-reactive ketones (excluding diaryl/α,β-unsaturated/α-hetero) is 1. The van der Waals surface area contributed by atoms with E-state index in [0.29, 0.717) is 25.3 Å². The summed E-state index contributed by atoms with van der Waals surface area (Å²) >= 11 is 0. The van der Waals surface area contributed by atoms with Gasteiger partial charge in [-0.05, 0) is 50.8 Å². The topological polar surface area (TPSA) is 63.7 Å². The lowest BCUT2D eigenvalue weighted by molar-refractivity contribution is -0.151. The van der Waals surface area contributed by atoms with Crippen molar-refractivity contribution >= 4 is 17.7 Å². The van der Waals surface area contributed by atoms with Crippen molar-refractivity contribution < 1.29 is 19.1 Å². The van der Waals surface area contributed by atoms with Crippen LogP contribution < -0.4 is 0 Å². The fourth-order valence-corrected chi connectivity index (χ4v) is 3.09. The first-order chi connectivity index (χ1) is 11.9. The average Bonchev–Trinajstić information content (AvgIpc) is 2.62. The molecule has 0 bridgehead atoms. The van der Waals surface area contributed by atoms with Crippen LogP contribution in [0.25, 0.3) is 0 Å². The van der Waals surface area contributed by atoms with Crippen LogP contribution in [0.5, 0.6) is 0 Å². The lowest BCUT2D eigenvalue weighted by Crippen LogP contribution is -2.42. The summed E-state index contributed by atoms with van der Waals surface area (Å²) in [5.41, 5.74) is 2.87. The predicted molar refractivity (Wildman–Crippen MR) is 95.4 cm³/mol. The SMILES string of the molecule is CCOC(=O)C1CCCN(C(=O)CCC(=O)c2ccc(C)c(C)c2)C1. The number of ether oxygens (including phenoxy) is 1. The Labute approximate surface area is 149 Å². The normalized spacial score (nSPS) is 17.2. The highest BCUT2D eigenvalue weighted by Crippen LogP contribution is 2.19. The summed E-state index contributed by atoms with van der Waals surface area (Å²) in [4.78, 5) is 38.3. The Hall–Kier alpha value is -2.17. The molecule has 5 heteroatoms. The third-order valence-electron chi connectivity index (χ3n) is 4.79. The van der Waals surface area contributed by atoms with Gasteiger partial charge in [0.05, 0.1) is 12.5 Å². The molecule has 0 spiro atoms. The Balaban J connectivity index is 1.87. The van der Waals surface area contributed by atoms with Crippen LogP contribution in [-0.4, -0.2) is 42.3 Å². The van der Waals surface area contributed by atoms with Crippen LogP contribution in [-0.2, 0) is 14.3 Å². The summed E-state index contributed by atoms with van der Waals surface area (Å²) in [6.45, 7) is 7.15. The molecule has 2 rings (SSSR count). The van der Waals surface area contributed by atoms with Gasteiger partial charge >= 0.3 is 5.97 Å². The number of aryl methyl sites for hydroxylation is 2. The molecule has 1 unspecified atom stereocenters. The molecule has 5 nitrogen and oxygen atoms in total. The Morgan fingerprint density at radius 2 is 1.92 bits per heavy atom. The smallest absolute Gasteiger partial charge is 0.310 e. The largest absolute Gasteiger partial charge is 0.466 e. The van der Waals surface area contributed by atoms with Gasteiger partial charge in [-0.25, -0.2) is 0 Å². The van der Waals surface area contributed by atoms with Crippen molar-refractivity contribution in [2.45, 2.75) is 46.5 Å². The highest BCUT2D eigenvalue weighted by atomic mass is 16.5. The van der Waals surface area contributed by atoms with Gasteiger partial charge in [0.1, 0.15) is 0 Å². The maximum atomic E-state index is 12.4. The summed E-state index contributed by atoms with van der Waals surface area (Å²) < 4.78 is 5.06. The van der Waals surface area contributed by atoms with Gasteiger partial charge < -0.3 is 9.64 Å². The lowest BCUT2D eigenvalue weighted by atomic mass is 9.97. The molecule has 1 aromatic carbocycles. The second-order valence-electron chi connectivity index (χ2n) is 6.65. The maximum absolute atomic E-state index is 12.4. The van der Waals surface area contributed by atoms with Crippen LogP contribution in [0.15, 0.2) is 18.2 Å². The zero-order valence-corrected chi connectivity index (χ0v) is 15.3. The van der Waals surface area contributed by atoms with Crippen molar-refractivity contribution in [1.82, 2.24) is 4.90 Å². The molecule has 1 heterocycles. The molecule has 0 radical (unpaired) electrons. The minimum absolute atomic E-state index is 0.0181. The number of piperidine rings is 1. The van der Waals surface area contributed by atoms with Crippen molar-refractivity contribution in [3.8, 4) is 0 Å². The first kappa shape index (κ1) is 19.2. The number of ketones is 1. The molecular weight excluding hydrogens is 318 g/mol. The summed E-state index contributed by atoms with van der Waals surface area (Å²) in [5.74, 6) is -0.555. The van der Waals surface area contributed by atoms with Crippen LogP contribution in [0.1, 0.15) is 54.1 Å². The molecule has 1 aliphatic heterocycles. The number of amides is 1. The van der Waals surface area contributed by atoms with Gasteiger partial charge in [0.2, 0.25) is 5.91 Å². The van der Waals surface area contributed by atoms with Crippen LogP contribution in [0.4, 0.5) is 0 Å². The number of benzene rings is 1. The number of esters is 1. The molecule has 1 amide bonds. The molecule has 1 aliphatic rings. The zero-order valence-electron chi connectivity index (χ0n) is 15.3. The van der Waals surface area contributed by atoms with E-state index in [4.69, 9.17) is 4.74 Å². The van der Waals surface area contributed by atoms with Crippen LogP contribution in [0.2, 0.25) is 0 Å². The Morgan fingerprint density at radius 3 is 2.60 bits per heavy atom. The summed E-state index contributed by atoms with van der Waals surface area (Å²) in [6.07, 6.45) is 1.92. The molecule has 1 aromatic rings.